The third kappa shape index (κ3) is 1.99. The van der Waals surface area contributed by atoms with Crippen molar-refractivity contribution in [1.29, 1.82) is 0 Å². The average molecular weight is 250 g/mol. The van der Waals surface area contributed by atoms with Crippen LogP contribution in [0, 0.1) is 5.92 Å². The summed E-state index contributed by atoms with van der Waals surface area (Å²) in [5.41, 5.74) is 4.82. The second-order valence-corrected chi connectivity index (χ2v) is 5.50. The SMILES string of the molecule is CC(=O)c1cccc2c1[C@@H](c1ccccc1)[C@H](C)C2. The van der Waals surface area contributed by atoms with E-state index in [9.17, 15) is 4.79 Å². The maximum absolute atomic E-state index is 11.9. The van der Waals surface area contributed by atoms with E-state index in [0.717, 1.165) is 12.0 Å². The average Bonchev–Trinajstić information content (AvgIpc) is 2.75. The first-order chi connectivity index (χ1) is 9.18. The molecule has 1 aliphatic carbocycles. The molecule has 0 unspecified atom stereocenters. The minimum absolute atomic E-state index is 0.173. The molecule has 0 bridgehead atoms. The standard InChI is InChI=1S/C18H18O/c1-12-11-15-9-6-10-16(13(2)19)18(15)17(12)14-7-4-3-5-8-14/h3-10,12,17H,11H2,1-2H3/t12-,17-/m1/s1. The summed E-state index contributed by atoms with van der Waals surface area (Å²) in [6.45, 7) is 3.95. The lowest BCUT2D eigenvalue weighted by Crippen LogP contribution is -2.09. The van der Waals surface area contributed by atoms with Crippen molar-refractivity contribution in [3.05, 3.63) is 70.8 Å². The van der Waals surface area contributed by atoms with Gasteiger partial charge in [0.2, 0.25) is 0 Å². The Bertz CT molecular complexity index is 613. The Balaban J connectivity index is 2.18. The van der Waals surface area contributed by atoms with Gasteiger partial charge in [-0.15, -0.1) is 0 Å². The zero-order valence-corrected chi connectivity index (χ0v) is 11.4. The van der Waals surface area contributed by atoms with Gasteiger partial charge in [0.15, 0.2) is 5.78 Å². The van der Waals surface area contributed by atoms with E-state index < -0.39 is 0 Å². The highest BCUT2D eigenvalue weighted by molar-refractivity contribution is 5.96. The maximum atomic E-state index is 11.9. The van der Waals surface area contributed by atoms with Gasteiger partial charge in [-0.25, -0.2) is 0 Å². The molecule has 2 aromatic rings. The van der Waals surface area contributed by atoms with Crippen molar-refractivity contribution in [3.8, 4) is 0 Å². The number of ketones is 1. The Morgan fingerprint density at radius 2 is 1.79 bits per heavy atom. The molecule has 1 aliphatic rings. The lowest BCUT2D eigenvalue weighted by atomic mass is 9.84. The van der Waals surface area contributed by atoms with Crippen LogP contribution in [0.2, 0.25) is 0 Å². The Morgan fingerprint density at radius 1 is 1.05 bits per heavy atom. The van der Waals surface area contributed by atoms with Crippen LogP contribution < -0.4 is 0 Å². The number of benzene rings is 2. The third-order valence-electron chi connectivity index (χ3n) is 4.16. The van der Waals surface area contributed by atoms with E-state index in [-0.39, 0.29) is 5.78 Å². The van der Waals surface area contributed by atoms with Crippen LogP contribution in [0.15, 0.2) is 48.5 Å². The van der Waals surface area contributed by atoms with Crippen LogP contribution in [-0.4, -0.2) is 5.78 Å². The normalized spacial score (nSPS) is 21.2. The van der Waals surface area contributed by atoms with E-state index >= 15 is 0 Å². The van der Waals surface area contributed by atoms with Crippen molar-refractivity contribution in [3.63, 3.8) is 0 Å². The first-order valence-corrected chi connectivity index (χ1v) is 6.86. The Labute approximate surface area is 114 Å². The number of rotatable bonds is 2. The molecule has 0 N–H and O–H groups in total. The predicted molar refractivity (Wildman–Crippen MR) is 77.6 cm³/mol. The highest BCUT2D eigenvalue weighted by Gasteiger charge is 2.33. The topological polar surface area (TPSA) is 17.1 Å². The Hall–Kier alpha value is -1.89. The van der Waals surface area contributed by atoms with Gasteiger partial charge >= 0.3 is 0 Å². The number of fused-ring (bicyclic) bond motifs is 1. The number of carbonyl (C=O) groups excluding carboxylic acids is 1. The third-order valence-corrected chi connectivity index (χ3v) is 4.16. The van der Waals surface area contributed by atoms with Crippen LogP contribution in [0.25, 0.3) is 0 Å². The van der Waals surface area contributed by atoms with Crippen molar-refractivity contribution in [2.24, 2.45) is 5.92 Å². The molecule has 0 radical (unpaired) electrons. The molecule has 96 valence electrons. The van der Waals surface area contributed by atoms with Crippen molar-refractivity contribution >= 4 is 5.78 Å². The summed E-state index contributed by atoms with van der Waals surface area (Å²) in [6.07, 6.45) is 1.07. The second kappa shape index (κ2) is 4.65. The zero-order chi connectivity index (χ0) is 13.4. The van der Waals surface area contributed by atoms with Gasteiger partial charge in [0.05, 0.1) is 0 Å². The molecule has 0 heterocycles. The van der Waals surface area contributed by atoms with E-state index in [0.29, 0.717) is 11.8 Å². The number of Topliss-reactive ketones (excluding diaryl/α,β-unsaturated/α-hetero) is 1. The molecule has 1 nitrogen and oxygen atoms in total. The fourth-order valence-corrected chi connectivity index (χ4v) is 3.37. The van der Waals surface area contributed by atoms with Crippen LogP contribution in [0.5, 0.6) is 0 Å². The predicted octanol–water partition coefficient (Wildman–Crippen LogP) is 4.21. The van der Waals surface area contributed by atoms with Gasteiger partial charge in [0, 0.05) is 11.5 Å². The first kappa shape index (κ1) is 12.2. The largest absolute Gasteiger partial charge is 0.295 e. The van der Waals surface area contributed by atoms with Gasteiger partial charge in [0.25, 0.3) is 0 Å². The van der Waals surface area contributed by atoms with Crippen LogP contribution in [0.1, 0.15) is 46.8 Å². The summed E-state index contributed by atoms with van der Waals surface area (Å²) in [7, 11) is 0. The fourth-order valence-electron chi connectivity index (χ4n) is 3.37. The van der Waals surface area contributed by atoms with Crippen molar-refractivity contribution in [1.82, 2.24) is 0 Å². The van der Waals surface area contributed by atoms with Crippen LogP contribution in [-0.2, 0) is 6.42 Å². The molecule has 0 amide bonds. The molecule has 0 aromatic heterocycles. The van der Waals surface area contributed by atoms with Gasteiger partial charge in [-0.2, -0.15) is 0 Å². The number of hydrogen-bond donors (Lipinski definition) is 0. The van der Waals surface area contributed by atoms with Gasteiger partial charge in [-0.3, -0.25) is 4.79 Å². The lowest BCUT2D eigenvalue weighted by Gasteiger charge is -2.19. The van der Waals surface area contributed by atoms with Crippen LogP contribution in [0.4, 0.5) is 0 Å². The fraction of sp³-hybridized carbons (Fsp3) is 0.278. The Kier molecular flexibility index (Phi) is 2.98. The molecule has 1 heteroatoms. The monoisotopic (exact) mass is 250 g/mol. The molecule has 3 rings (SSSR count). The summed E-state index contributed by atoms with van der Waals surface area (Å²) >= 11 is 0. The van der Waals surface area contributed by atoms with Crippen LogP contribution in [0.3, 0.4) is 0 Å². The first-order valence-electron chi connectivity index (χ1n) is 6.86. The molecular weight excluding hydrogens is 232 g/mol. The van der Waals surface area contributed by atoms with Gasteiger partial charge in [-0.1, -0.05) is 55.5 Å². The minimum atomic E-state index is 0.173. The number of carbonyl (C=O) groups is 1. The highest BCUT2D eigenvalue weighted by atomic mass is 16.1. The molecule has 2 atom stereocenters. The summed E-state index contributed by atoms with van der Waals surface area (Å²) in [4.78, 5) is 11.9. The minimum Gasteiger partial charge on any atom is -0.295 e. The summed E-state index contributed by atoms with van der Waals surface area (Å²) < 4.78 is 0. The molecule has 19 heavy (non-hydrogen) atoms. The van der Waals surface area contributed by atoms with Gasteiger partial charge < -0.3 is 0 Å². The Morgan fingerprint density at radius 3 is 2.47 bits per heavy atom. The summed E-state index contributed by atoms with van der Waals surface area (Å²) in [5, 5.41) is 0. The van der Waals surface area contributed by atoms with Gasteiger partial charge in [-0.05, 0) is 36.0 Å². The number of hydrogen-bond acceptors (Lipinski definition) is 1. The van der Waals surface area contributed by atoms with Crippen molar-refractivity contribution in [2.45, 2.75) is 26.2 Å². The van der Waals surface area contributed by atoms with E-state index in [1.54, 1.807) is 6.92 Å². The highest BCUT2D eigenvalue weighted by Crippen LogP contribution is 2.43. The van der Waals surface area contributed by atoms with E-state index in [1.165, 1.54) is 16.7 Å². The summed E-state index contributed by atoms with van der Waals surface area (Å²) in [6, 6.07) is 16.7. The smallest absolute Gasteiger partial charge is 0.160 e. The maximum Gasteiger partial charge on any atom is 0.160 e. The molecule has 0 saturated carbocycles. The van der Waals surface area contributed by atoms with E-state index in [4.69, 9.17) is 0 Å². The van der Waals surface area contributed by atoms with Crippen LogP contribution >= 0.6 is 0 Å². The molecule has 0 spiro atoms. The quantitative estimate of drug-likeness (QED) is 0.729. The zero-order valence-electron chi connectivity index (χ0n) is 11.4. The van der Waals surface area contributed by atoms with Crippen molar-refractivity contribution < 1.29 is 4.79 Å². The van der Waals surface area contributed by atoms with E-state index in [2.05, 4.69) is 37.3 Å². The van der Waals surface area contributed by atoms with Crippen molar-refractivity contribution in [2.75, 3.05) is 0 Å². The van der Waals surface area contributed by atoms with E-state index in [1.807, 2.05) is 18.2 Å². The molecule has 0 saturated heterocycles. The molecule has 0 aliphatic heterocycles. The lowest BCUT2D eigenvalue weighted by molar-refractivity contribution is 0.101. The summed E-state index contributed by atoms with van der Waals surface area (Å²) in [5.74, 6) is 1.08. The molecular formula is C18H18O. The van der Waals surface area contributed by atoms with Gasteiger partial charge in [0.1, 0.15) is 0 Å². The molecule has 0 fully saturated rings. The second-order valence-electron chi connectivity index (χ2n) is 5.50. The molecule has 2 aromatic carbocycles.